The summed E-state index contributed by atoms with van der Waals surface area (Å²) >= 11 is 3.46. The molecule has 0 aliphatic rings. The van der Waals surface area contributed by atoms with E-state index in [1.165, 1.54) is 6.92 Å². The molecule has 6 heteroatoms. The van der Waals surface area contributed by atoms with Crippen LogP contribution in [0.1, 0.15) is 34.2 Å². The molecule has 3 aromatic rings. The van der Waals surface area contributed by atoms with Crippen molar-refractivity contribution in [2.45, 2.75) is 27.3 Å². The van der Waals surface area contributed by atoms with Crippen molar-refractivity contribution in [1.29, 1.82) is 0 Å². The zero-order valence-corrected chi connectivity index (χ0v) is 18.6. The Hall–Kier alpha value is -2.86. The van der Waals surface area contributed by atoms with E-state index in [0.29, 0.717) is 17.8 Å². The predicted octanol–water partition coefficient (Wildman–Crippen LogP) is 5.09. The Balaban J connectivity index is 1.89. The van der Waals surface area contributed by atoms with E-state index in [1.54, 1.807) is 11.9 Å². The summed E-state index contributed by atoms with van der Waals surface area (Å²) in [5.74, 6) is -0.191. The number of halogens is 1. The van der Waals surface area contributed by atoms with Gasteiger partial charge in [-0.15, -0.1) is 0 Å². The van der Waals surface area contributed by atoms with Crippen molar-refractivity contribution in [2.24, 2.45) is 0 Å². The summed E-state index contributed by atoms with van der Waals surface area (Å²) in [5, 5.41) is 3.02. The average Bonchev–Trinajstić information content (AvgIpc) is 2.98. The van der Waals surface area contributed by atoms with E-state index >= 15 is 0 Å². The SMILES string of the molecule is CC(=O)N(C)Cc1ccccc1NC(=O)c1cc(C)n(-c2ccc(Br)cc2)c1C. The molecule has 0 atom stereocenters. The Morgan fingerprint density at radius 1 is 1.07 bits per heavy atom. The molecule has 1 aromatic heterocycles. The van der Waals surface area contributed by atoms with Crippen LogP contribution in [0.4, 0.5) is 5.69 Å². The van der Waals surface area contributed by atoms with Crippen molar-refractivity contribution in [1.82, 2.24) is 9.47 Å². The minimum absolute atomic E-state index is 0.0239. The molecule has 1 N–H and O–H groups in total. The molecule has 0 unspecified atom stereocenters. The number of hydrogen-bond donors (Lipinski definition) is 1. The molecule has 2 aromatic carbocycles. The van der Waals surface area contributed by atoms with E-state index < -0.39 is 0 Å². The molecule has 150 valence electrons. The largest absolute Gasteiger partial charge is 0.342 e. The molecule has 5 nitrogen and oxygen atoms in total. The zero-order chi connectivity index (χ0) is 21.1. The Morgan fingerprint density at radius 3 is 2.38 bits per heavy atom. The first-order chi connectivity index (χ1) is 13.8. The summed E-state index contributed by atoms with van der Waals surface area (Å²) in [4.78, 5) is 26.2. The van der Waals surface area contributed by atoms with E-state index in [9.17, 15) is 9.59 Å². The van der Waals surface area contributed by atoms with Crippen LogP contribution in [-0.4, -0.2) is 28.3 Å². The van der Waals surface area contributed by atoms with Gasteiger partial charge in [0.15, 0.2) is 0 Å². The Labute approximate surface area is 179 Å². The number of hydrogen-bond acceptors (Lipinski definition) is 2. The number of anilines is 1. The minimum atomic E-state index is -0.167. The molecular weight excluding hydrogens is 430 g/mol. The van der Waals surface area contributed by atoms with Gasteiger partial charge < -0.3 is 14.8 Å². The molecule has 0 radical (unpaired) electrons. The number of amides is 2. The molecule has 0 saturated carbocycles. The van der Waals surface area contributed by atoms with Crippen LogP contribution in [0.15, 0.2) is 59.1 Å². The van der Waals surface area contributed by atoms with Gasteiger partial charge in [0.05, 0.1) is 5.56 Å². The molecule has 0 aliphatic carbocycles. The number of benzene rings is 2. The summed E-state index contributed by atoms with van der Waals surface area (Å²) in [6.07, 6.45) is 0. The summed E-state index contributed by atoms with van der Waals surface area (Å²) in [6.45, 7) is 5.89. The van der Waals surface area contributed by atoms with Gasteiger partial charge >= 0.3 is 0 Å². The number of rotatable bonds is 5. The number of aryl methyl sites for hydroxylation is 1. The highest BCUT2D eigenvalue weighted by Crippen LogP contribution is 2.24. The maximum atomic E-state index is 13.0. The fourth-order valence-electron chi connectivity index (χ4n) is 3.32. The number of nitrogens with one attached hydrogen (secondary N) is 1. The van der Waals surface area contributed by atoms with Gasteiger partial charge in [-0.3, -0.25) is 9.59 Å². The lowest BCUT2D eigenvalue weighted by molar-refractivity contribution is -0.128. The van der Waals surface area contributed by atoms with Crippen LogP contribution >= 0.6 is 15.9 Å². The maximum Gasteiger partial charge on any atom is 0.257 e. The van der Waals surface area contributed by atoms with Crippen molar-refractivity contribution in [3.63, 3.8) is 0 Å². The van der Waals surface area contributed by atoms with Gasteiger partial charge in [-0.25, -0.2) is 0 Å². The van der Waals surface area contributed by atoms with E-state index in [-0.39, 0.29) is 11.8 Å². The van der Waals surface area contributed by atoms with Gasteiger partial charge in [0.1, 0.15) is 0 Å². The molecule has 29 heavy (non-hydrogen) atoms. The minimum Gasteiger partial charge on any atom is -0.342 e. The summed E-state index contributed by atoms with van der Waals surface area (Å²) in [6, 6.07) is 17.4. The quantitative estimate of drug-likeness (QED) is 0.584. The molecule has 3 rings (SSSR count). The van der Waals surface area contributed by atoms with Crippen LogP contribution < -0.4 is 5.32 Å². The predicted molar refractivity (Wildman–Crippen MR) is 119 cm³/mol. The molecule has 2 amide bonds. The Bertz CT molecular complexity index is 1050. The average molecular weight is 454 g/mol. The van der Waals surface area contributed by atoms with Crippen molar-refractivity contribution in [3.05, 3.63) is 81.6 Å². The third-order valence-corrected chi connectivity index (χ3v) is 5.50. The second-order valence-electron chi connectivity index (χ2n) is 7.08. The normalized spacial score (nSPS) is 10.7. The molecule has 0 aliphatic heterocycles. The molecule has 0 fully saturated rings. The molecule has 1 heterocycles. The van der Waals surface area contributed by atoms with Crippen LogP contribution in [0.2, 0.25) is 0 Å². The van der Waals surface area contributed by atoms with Crippen molar-refractivity contribution < 1.29 is 9.59 Å². The molecule has 0 bridgehead atoms. The first kappa shape index (κ1) is 20.9. The van der Waals surface area contributed by atoms with Gasteiger partial charge in [-0.05, 0) is 55.8 Å². The van der Waals surface area contributed by atoms with Crippen LogP contribution in [0.25, 0.3) is 5.69 Å². The zero-order valence-electron chi connectivity index (χ0n) is 17.0. The van der Waals surface area contributed by atoms with E-state index in [0.717, 1.165) is 27.1 Å². The number of aromatic nitrogens is 1. The second-order valence-corrected chi connectivity index (χ2v) is 8.00. The Morgan fingerprint density at radius 2 is 1.72 bits per heavy atom. The van der Waals surface area contributed by atoms with Gasteiger partial charge in [0.2, 0.25) is 5.91 Å². The smallest absolute Gasteiger partial charge is 0.257 e. The number of para-hydroxylation sites is 1. The third kappa shape index (κ3) is 4.59. The second kappa shape index (κ2) is 8.66. The van der Waals surface area contributed by atoms with E-state index in [4.69, 9.17) is 0 Å². The van der Waals surface area contributed by atoms with Gasteiger partial charge in [-0.2, -0.15) is 0 Å². The van der Waals surface area contributed by atoms with E-state index in [2.05, 4.69) is 25.8 Å². The lowest BCUT2D eigenvalue weighted by atomic mass is 10.1. The van der Waals surface area contributed by atoms with Gasteiger partial charge in [0.25, 0.3) is 5.91 Å². The molecular formula is C23H24BrN3O2. The Kier molecular flexibility index (Phi) is 6.23. The number of carbonyl (C=O) groups is 2. The fraction of sp³-hybridized carbons (Fsp3) is 0.217. The van der Waals surface area contributed by atoms with Crippen LogP contribution in [0.5, 0.6) is 0 Å². The molecule has 0 spiro atoms. The highest BCUT2D eigenvalue weighted by molar-refractivity contribution is 9.10. The first-order valence-electron chi connectivity index (χ1n) is 9.33. The van der Waals surface area contributed by atoms with Crippen molar-refractivity contribution in [2.75, 3.05) is 12.4 Å². The van der Waals surface area contributed by atoms with Crippen molar-refractivity contribution in [3.8, 4) is 5.69 Å². The first-order valence-corrected chi connectivity index (χ1v) is 10.1. The number of nitrogens with zero attached hydrogens (tertiary/aromatic N) is 2. The molecule has 0 saturated heterocycles. The summed E-state index contributed by atoms with van der Waals surface area (Å²) in [7, 11) is 1.74. The van der Waals surface area contributed by atoms with Crippen LogP contribution in [0, 0.1) is 13.8 Å². The third-order valence-electron chi connectivity index (χ3n) is 4.97. The summed E-state index contributed by atoms with van der Waals surface area (Å²) < 4.78 is 3.07. The topological polar surface area (TPSA) is 54.3 Å². The summed E-state index contributed by atoms with van der Waals surface area (Å²) in [5.41, 5.74) is 5.09. The fourth-order valence-corrected chi connectivity index (χ4v) is 3.58. The highest BCUT2D eigenvalue weighted by atomic mass is 79.9. The van der Waals surface area contributed by atoms with E-state index in [1.807, 2.05) is 68.4 Å². The number of carbonyl (C=O) groups excluding carboxylic acids is 2. The lowest BCUT2D eigenvalue weighted by Crippen LogP contribution is -2.24. The maximum absolute atomic E-state index is 13.0. The highest BCUT2D eigenvalue weighted by Gasteiger charge is 2.18. The van der Waals surface area contributed by atoms with Gasteiger partial charge in [-0.1, -0.05) is 34.1 Å². The van der Waals surface area contributed by atoms with Crippen molar-refractivity contribution >= 4 is 33.4 Å². The monoisotopic (exact) mass is 453 g/mol. The van der Waals surface area contributed by atoms with Crippen LogP contribution in [0.3, 0.4) is 0 Å². The lowest BCUT2D eigenvalue weighted by Gasteiger charge is -2.18. The standard InChI is InChI=1S/C23H24BrN3O2/c1-15-13-21(16(2)27(15)20-11-9-19(24)10-12-20)23(29)25-22-8-6-5-7-18(22)14-26(4)17(3)28/h5-13H,14H2,1-4H3,(H,25,29). The van der Waals surface area contributed by atoms with Crippen LogP contribution in [-0.2, 0) is 11.3 Å². The van der Waals surface area contributed by atoms with Gasteiger partial charge in [0, 0.05) is 47.8 Å².